The lowest BCUT2D eigenvalue weighted by Crippen LogP contribution is -2.53. The molecule has 1 atom stereocenters. The van der Waals surface area contributed by atoms with Gasteiger partial charge in [0.1, 0.15) is 5.75 Å². The van der Waals surface area contributed by atoms with Crippen molar-refractivity contribution in [1.29, 1.82) is 0 Å². The van der Waals surface area contributed by atoms with Crippen molar-refractivity contribution in [2.45, 2.75) is 13.0 Å². The number of hydrogen-bond acceptors (Lipinski definition) is 5. The summed E-state index contributed by atoms with van der Waals surface area (Å²) in [5.74, 6) is -0.688. The standard InChI is InChI=1S/C10H21N3O3S/c1-9(7-11)12-3-5-13(6-4-12)10(14)8-17(2,15)16/h9H,3-8,11H2,1-2H3. The molecule has 0 aromatic rings. The van der Waals surface area contributed by atoms with Crippen LogP contribution in [-0.4, -0.2) is 74.9 Å². The van der Waals surface area contributed by atoms with Crippen LogP contribution in [0.15, 0.2) is 0 Å². The zero-order valence-corrected chi connectivity index (χ0v) is 11.2. The van der Waals surface area contributed by atoms with Crippen LogP contribution in [0, 0.1) is 0 Å². The Morgan fingerprint density at radius 2 is 1.82 bits per heavy atom. The van der Waals surface area contributed by atoms with E-state index in [4.69, 9.17) is 5.73 Å². The summed E-state index contributed by atoms with van der Waals surface area (Å²) in [6.07, 6.45) is 1.08. The first kappa shape index (κ1) is 14.4. The summed E-state index contributed by atoms with van der Waals surface area (Å²) in [5, 5.41) is 0. The molecule has 1 unspecified atom stereocenters. The molecular formula is C10H21N3O3S. The van der Waals surface area contributed by atoms with Gasteiger partial charge in [-0.2, -0.15) is 0 Å². The molecule has 0 saturated carbocycles. The molecule has 1 saturated heterocycles. The van der Waals surface area contributed by atoms with Crippen molar-refractivity contribution in [3.63, 3.8) is 0 Å². The van der Waals surface area contributed by atoms with Crippen LogP contribution in [0.2, 0.25) is 0 Å². The SMILES string of the molecule is CC(CN)N1CCN(C(=O)CS(C)(=O)=O)CC1. The summed E-state index contributed by atoms with van der Waals surface area (Å²) in [5.41, 5.74) is 5.58. The zero-order chi connectivity index (χ0) is 13.1. The lowest BCUT2D eigenvalue weighted by Gasteiger charge is -2.37. The second-order valence-corrected chi connectivity index (χ2v) is 6.71. The normalized spacial score (nSPS) is 20.3. The smallest absolute Gasteiger partial charge is 0.237 e. The number of sulfone groups is 1. The first-order valence-corrected chi connectivity index (χ1v) is 7.79. The molecule has 17 heavy (non-hydrogen) atoms. The summed E-state index contributed by atoms with van der Waals surface area (Å²) in [6.45, 7) is 5.32. The highest BCUT2D eigenvalue weighted by molar-refractivity contribution is 7.91. The van der Waals surface area contributed by atoms with E-state index in [9.17, 15) is 13.2 Å². The fourth-order valence-electron chi connectivity index (χ4n) is 1.88. The Morgan fingerprint density at radius 1 is 1.29 bits per heavy atom. The van der Waals surface area contributed by atoms with Crippen LogP contribution >= 0.6 is 0 Å². The predicted octanol–water partition coefficient (Wildman–Crippen LogP) is -1.48. The van der Waals surface area contributed by atoms with Gasteiger partial charge in [-0.3, -0.25) is 9.69 Å². The second-order valence-electron chi connectivity index (χ2n) is 4.57. The van der Waals surface area contributed by atoms with Gasteiger partial charge in [0, 0.05) is 45.0 Å². The van der Waals surface area contributed by atoms with Crippen molar-refractivity contribution < 1.29 is 13.2 Å². The average molecular weight is 263 g/mol. The number of carbonyl (C=O) groups is 1. The van der Waals surface area contributed by atoms with E-state index in [1.807, 2.05) is 6.92 Å². The van der Waals surface area contributed by atoms with Gasteiger partial charge in [0.2, 0.25) is 5.91 Å². The molecule has 1 rings (SSSR count). The first-order valence-electron chi connectivity index (χ1n) is 5.73. The van der Waals surface area contributed by atoms with Crippen LogP contribution < -0.4 is 5.73 Å². The zero-order valence-electron chi connectivity index (χ0n) is 10.4. The Bertz CT molecular complexity index is 361. The van der Waals surface area contributed by atoms with Crippen LogP contribution in [0.4, 0.5) is 0 Å². The molecule has 100 valence electrons. The molecule has 1 aliphatic rings. The monoisotopic (exact) mass is 263 g/mol. The molecule has 0 bridgehead atoms. The molecule has 0 radical (unpaired) electrons. The van der Waals surface area contributed by atoms with E-state index in [1.54, 1.807) is 4.90 Å². The third-order valence-corrected chi connectivity index (χ3v) is 3.79. The highest BCUT2D eigenvalue weighted by atomic mass is 32.2. The highest BCUT2D eigenvalue weighted by Gasteiger charge is 2.25. The van der Waals surface area contributed by atoms with Crippen molar-refractivity contribution >= 4 is 15.7 Å². The van der Waals surface area contributed by atoms with E-state index in [0.717, 1.165) is 19.3 Å². The van der Waals surface area contributed by atoms with Gasteiger partial charge in [0.25, 0.3) is 0 Å². The molecule has 1 fully saturated rings. The second kappa shape index (κ2) is 5.79. The number of piperazine rings is 1. The predicted molar refractivity (Wildman–Crippen MR) is 66.4 cm³/mol. The van der Waals surface area contributed by atoms with Crippen LogP contribution in [0.25, 0.3) is 0 Å². The van der Waals surface area contributed by atoms with E-state index in [1.165, 1.54) is 0 Å². The number of nitrogens with two attached hydrogens (primary N) is 1. The number of nitrogens with zero attached hydrogens (tertiary/aromatic N) is 2. The fraction of sp³-hybridized carbons (Fsp3) is 0.900. The number of rotatable bonds is 4. The summed E-state index contributed by atoms with van der Waals surface area (Å²) >= 11 is 0. The number of amides is 1. The maximum absolute atomic E-state index is 11.7. The van der Waals surface area contributed by atoms with E-state index < -0.39 is 9.84 Å². The Kier molecular flexibility index (Phi) is 4.91. The van der Waals surface area contributed by atoms with Crippen LogP contribution in [0.1, 0.15) is 6.92 Å². The summed E-state index contributed by atoms with van der Waals surface area (Å²) in [6, 6.07) is 0.308. The maximum atomic E-state index is 11.7. The quantitative estimate of drug-likeness (QED) is 0.669. The fourth-order valence-corrected chi connectivity index (χ4v) is 2.51. The van der Waals surface area contributed by atoms with E-state index in [0.29, 0.717) is 25.7 Å². The van der Waals surface area contributed by atoms with E-state index >= 15 is 0 Å². The molecule has 1 amide bonds. The molecule has 0 spiro atoms. The van der Waals surface area contributed by atoms with Crippen LogP contribution in [0.3, 0.4) is 0 Å². The van der Waals surface area contributed by atoms with Gasteiger partial charge in [-0.1, -0.05) is 0 Å². The Balaban J connectivity index is 2.44. The number of carbonyl (C=O) groups excluding carboxylic acids is 1. The van der Waals surface area contributed by atoms with Crippen molar-refractivity contribution in [3.05, 3.63) is 0 Å². The lowest BCUT2D eigenvalue weighted by atomic mass is 10.2. The van der Waals surface area contributed by atoms with Gasteiger partial charge in [0.15, 0.2) is 9.84 Å². The molecule has 7 heteroatoms. The molecule has 1 aliphatic heterocycles. The molecule has 0 aromatic carbocycles. The summed E-state index contributed by atoms with van der Waals surface area (Å²) < 4.78 is 22.1. The topological polar surface area (TPSA) is 83.7 Å². The van der Waals surface area contributed by atoms with Crippen molar-refractivity contribution in [1.82, 2.24) is 9.80 Å². The minimum absolute atomic E-state index is 0.299. The highest BCUT2D eigenvalue weighted by Crippen LogP contribution is 2.06. The molecule has 0 aliphatic carbocycles. The average Bonchev–Trinajstić information content (AvgIpc) is 2.26. The van der Waals surface area contributed by atoms with Gasteiger partial charge in [-0.05, 0) is 6.92 Å². The number of hydrogen-bond donors (Lipinski definition) is 1. The molecular weight excluding hydrogens is 242 g/mol. The molecule has 1 heterocycles. The third-order valence-electron chi connectivity index (χ3n) is 3.02. The van der Waals surface area contributed by atoms with E-state index in [-0.39, 0.29) is 11.7 Å². The van der Waals surface area contributed by atoms with Gasteiger partial charge in [-0.25, -0.2) is 8.42 Å². The van der Waals surface area contributed by atoms with Crippen molar-refractivity contribution in [2.24, 2.45) is 5.73 Å². The molecule has 2 N–H and O–H groups in total. The van der Waals surface area contributed by atoms with Gasteiger partial charge in [0.05, 0.1) is 0 Å². The molecule has 0 aromatic heterocycles. The molecule has 6 nitrogen and oxygen atoms in total. The van der Waals surface area contributed by atoms with Gasteiger partial charge in [-0.15, -0.1) is 0 Å². The van der Waals surface area contributed by atoms with Crippen LogP contribution in [-0.2, 0) is 14.6 Å². The Labute approximate surface area is 103 Å². The minimum Gasteiger partial charge on any atom is -0.339 e. The largest absolute Gasteiger partial charge is 0.339 e. The van der Waals surface area contributed by atoms with Crippen molar-refractivity contribution in [2.75, 3.05) is 44.7 Å². The summed E-state index contributed by atoms with van der Waals surface area (Å²) in [7, 11) is -3.23. The van der Waals surface area contributed by atoms with E-state index in [2.05, 4.69) is 4.90 Å². The Hall–Kier alpha value is -0.660. The maximum Gasteiger partial charge on any atom is 0.237 e. The van der Waals surface area contributed by atoms with Gasteiger partial charge >= 0.3 is 0 Å². The van der Waals surface area contributed by atoms with Crippen molar-refractivity contribution in [3.8, 4) is 0 Å². The Morgan fingerprint density at radius 3 is 2.24 bits per heavy atom. The lowest BCUT2D eigenvalue weighted by molar-refractivity contribution is -0.130. The summed E-state index contributed by atoms with van der Waals surface area (Å²) in [4.78, 5) is 15.5. The first-order chi connectivity index (χ1) is 7.83. The minimum atomic E-state index is -3.23. The van der Waals surface area contributed by atoms with Crippen LogP contribution in [0.5, 0.6) is 0 Å². The third kappa shape index (κ3) is 4.61. The van der Waals surface area contributed by atoms with Gasteiger partial charge < -0.3 is 10.6 Å².